The first-order chi connectivity index (χ1) is 12.9. The topological polar surface area (TPSA) is 122 Å². The van der Waals surface area contributed by atoms with Crippen molar-refractivity contribution in [3.63, 3.8) is 0 Å². The zero-order valence-electron chi connectivity index (χ0n) is 15.5. The Bertz CT molecular complexity index is 745. The van der Waals surface area contributed by atoms with Gasteiger partial charge in [0.05, 0.1) is 0 Å². The van der Waals surface area contributed by atoms with E-state index in [-0.39, 0.29) is 24.3 Å². The number of aliphatic imine (C=N–C) groups is 1. The molecular formula is C20H26N4O3. The van der Waals surface area contributed by atoms with Crippen LogP contribution in [0.2, 0.25) is 0 Å². The van der Waals surface area contributed by atoms with Crippen molar-refractivity contribution >= 4 is 23.6 Å². The lowest BCUT2D eigenvalue weighted by Gasteiger charge is -2.27. The van der Waals surface area contributed by atoms with Crippen LogP contribution in [0.5, 0.6) is 5.88 Å². The number of ether oxygens (including phenoxy) is 1. The molecule has 0 radical (unpaired) electrons. The van der Waals surface area contributed by atoms with Gasteiger partial charge in [-0.25, -0.2) is 4.98 Å². The molecule has 0 aliphatic heterocycles. The molecule has 1 aromatic rings. The van der Waals surface area contributed by atoms with Gasteiger partial charge in [-0.3, -0.25) is 15.2 Å². The zero-order chi connectivity index (χ0) is 19.8. The number of aliphatic carboxylic acids is 1. The highest BCUT2D eigenvalue weighted by molar-refractivity contribution is 6.10. The van der Waals surface area contributed by atoms with Crippen LogP contribution in [0.1, 0.15) is 44.6 Å². The second kappa shape index (κ2) is 9.66. The molecule has 0 atom stereocenters. The quantitative estimate of drug-likeness (QED) is 0.478. The Hall–Kier alpha value is -2.96. The third-order valence-electron chi connectivity index (χ3n) is 4.56. The highest BCUT2D eigenvalue weighted by atomic mass is 16.5. The van der Waals surface area contributed by atoms with E-state index in [1.807, 2.05) is 6.07 Å². The molecular weight excluding hydrogens is 344 g/mol. The Labute approximate surface area is 159 Å². The van der Waals surface area contributed by atoms with Gasteiger partial charge in [0.1, 0.15) is 17.6 Å². The first-order valence-electron chi connectivity index (χ1n) is 8.97. The van der Waals surface area contributed by atoms with Gasteiger partial charge in [0, 0.05) is 30.5 Å². The third kappa shape index (κ3) is 6.36. The maximum atomic E-state index is 10.8. The summed E-state index contributed by atoms with van der Waals surface area (Å²) in [6.07, 6.45) is 8.62. The maximum Gasteiger partial charge on any atom is 0.303 e. The number of pyridine rings is 1. The number of allylic oxidation sites excluding steroid dienone is 2. The number of carboxylic acids is 1. The number of rotatable bonds is 8. The van der Waals surface area contributed by atoms with E-state index in [9.17, 15) is 4.79 Å². The predicted octanol–water partition coefficient (Wildman–Crippen LogP) is 3.42. The summed E-state index contributed by atoms with van der Waals surface area (Å²) in [6.45, 7) is 5.71. The van der Waals surface area contributed by atoms with Gasteiger partial charge in [-0.05, 0) is 50.2 Å². The van der Waals surface area contributed by atoms with Crippen molar-refractivity contribution in [3.05, 3.63) is 42.2 Å². The number of amidine groups is 1. The Morgan fingerprint density at radius 3 is 2.67 bits per heavy atom. The molecule has 0 unspecified atom stereocenters. The minimum absolute atomic E-state index is 0.0750. The number of carbonyl (C=O) groups is 1. The fourth-order valence-corrected chi connectivity index (χ4v) is 3.03. The van der Waals surface area contributed by atoms with Gasteiger partial charge in [-0.15, -0.1) is 0 Å². The predicted molar refractivity (Wildman–Crippen MR) is 106 cm³/mol. The average Bonchev–Trinajstić information content (AvgIpc) is 2.63. The smallest absolute Gasteiger partial charge is 0.303 e. The van der Waals surface area contributed by atoms with Crippen LogP contribution in [0.25, 0.3) is 5.57 Å². The molecule has 0 spiro atoms. The summed E-state index contributed by atoms with van der Waals surface area (Å²) in [5, 5.41) is 16.3. The van der Waals surface area contributed by atoms with Crippen LogP contribution in [0.15, 0.2) is 41.7 Å². The van der Waals surface area contributed by atoms with Crippen LogP contribution in [0, 0.1) is 11.3 Å². The number of aromatic nitrogens is 1. The molecule has 2 rings (SSSR count). The number of hydrogen-bond acceptors (Lipinski definition) is 5. The second-order valence-electron chi connectivity index (χ2n) is 6.61. The number of hydrogen-bond donors (Lipinski definition) is 3. The lowest BCUT2D eigenvalue weighted by atomic mass is 9.85. The third-order valence-corrected chi connectivity index (χ3v) is 4.56. The van der Waals surface area contributed by atoms with E-state index in [0.717, 1.165) is 31.2 Å². The van der Waals surface area contributed by atoms with E-state index in [0.29, 0.717) is 17.2 Å². The normalized spacial score (nSPS) is 20.4. The number of nitrogens with two attached hydrogens (primary N) is 1. The zero-order valence-corrected chi connectivity index (χ0v) is 15.5. The minimum Gasteiger partial charge on any atom is -0.481 e. The molecule has 1 fully saturated rings. The molecule has 1 saturated carbocycles. The van der Waals surface area contributed by atoms with Gasteiger partial charge < -0.3 is 15.6 Å². The van der Waals surface area contributed by atoms with Crippen LogP contribution in [-0.2, 0) is 4.79 Å². The molecule has 1 aliphatic carbocycles. The number of nitrogens with zero attached hydrogens (tertiary/aromatic N) is 2. The lowest BCUT2D eigenvalue weighted by Crippen LogP contribution is -2.25. The molecule has 0 aromatic carbocycles. The van der Waals surface area contributed by atoms with Gasteiger partial charge in [0.25, 0.3) is 0 Å². The van der Waals surface area contributed by atoms with E-state index in [4.69, 9.17) is 21.0 Å². The van der Waals surface area contributed by atoms with Crippen LogP contribution >= 0.6 is 0 Å². The molecule has 4 N–H and O–H groups in total. The molecule has 144 valence electrons. The van der Waals surface area contributed by atoms with E-state index in [2.05, 4.69) is 16.6 Å². The van der Waals surface area contributed by atoms with Crippen LogP contribution < -0.4 is 10.5 Å². The van der Waals surface area contributed by atoms with Crippen LogP contribution in [0.3, 0.4) is 0 Å². The summed E-state index contributed by atoms with van der Waals surface area (Å²) < 4.78 is 5.91. The summed E-state index contributed by atoms with van der Waals surface area (Å²) >= 11 is 0. The van der Waals surface area contributed by atoms with E-state index >= 15 is 0 Å². The molecule has 0 bridgehead atoms. The monoisotopic (exact) mass is 370 g/mol. The molecule has 1 aromatic heterocycles. The fraction of sp³-hybridized carbons (Fsp3) is 0.400. The average molecular weight is 370 g/mol. The summed E-state index contributed by atoms with van der Waals surface area (Å²) in [6, 6.07) is 3.65. The Morgan fingerprint density at radius 2 is 2.15 bits per heavy atom. The summed E-state index contributed by atoms with van der Waals surface area (Å²) in [7, 11) is 0. The molecule has 7 heteroatoms. The van der Waals surface area contributed by atoms with Crippen LogP contribution in [-0.4, -0.2) is 34.2 Å². The molecule has 0 saturated heterocycles. The van der Waals surface area contributed by atoms with Crippen molar-refractivity contribution in [3.8, 4) is 5.88 Å². The van der Waals surface area contributed by atoms with Crippen molar-refractivity contribution < 1.29 is 14.6 Å². The Morgan fingerprint density at radius 1 is 1.44 bits per heavy atom. The van der Waals surface area contributed by atoms with Gasteiger partial charge in [-0.2, -0.15) is 0 Å². The molecule has 1 aliphatic rings. The van der Waals surface area contributed by atoms with E-state index in [1.165, 1.54) is 0 Å². The summed E-state index contributed by atoms with van der Waals surface area (Å²) in [5.41, 5.74) is 7.28. The van der Waals surface area contributed by atoms with Crippen molar-refractivity contribution in [2.45, 2.75) is 45.1 Å². The Kier molecular flexibility index (Phi) is 7.28. The largest absolute Gasteiger partial charge is 0.481 e. The highest BCUT2D eigenvalue weighted by Crippen LogP contribution is 2.29. The summed E-state index contributed by atoms with van der Waals surface area (Å²) in [5.74, 6) is -0.0350. The van der Waals surface area contributed by atoms with E-state index < -0.39 is 5.97 Å². The minimum atomic E-state index is -0.731. The van der Waals surface area contributed by atoms with Crippen molar-refractivity contribution in [2.24, 2.45) is 16.6 Å². The van der Waals surface area contributed by atoms with Crippen molar-refractivity contribution in [1.82, 2.24) is 4.98 Å². The van der Waals surface area contributed by atoms with Gasteiger partial charge in [-0.1, -0.05) is 12.7 Å². The van der Waals surface area contributed by atoms with Crippen molar-refractivity contribution in [2.75, 3.05) is 0 Å². The SMILES string of the molecule is C=C(C=N/C(=C\C)C(=N)N)c1ccc(OC2CCC(CC(=O)O)CC2)nc1. The molecule has 1 heterocycles. The first kappa shape index (κ1) is 20.4. The molecule has 27 heavy (non-hydrogen) atoms. The lowest BCUT2D eigenvalue weighted by molar-refractivity contribution is -0.138. The Balaban J connectivity index is 1.88. The first-order valence-corrected chi connectivity index (χ1v) is 8.97. The molecule has 0 amide bonds. The molecule has 7 nitrogen and oxygen atoms in total. The van der Waals surface area contributed by atoms with Gasteiger partial charge in [0.15, 0.2) is 0 Å². The van der Waals surface area contributed by atoms with Crippen molar-refractivity contribution in [1.29, 1.82) is 5.41 Å². The number of nitrogens with one attached hydrogen (secondary N) is 1. The number of carboxylic acid groups (broad SMARTS) is 1. The fourth-order valence-electron chi connectivity index (χ4n) is 3.03. The van der Waals surface area contributed by atoms with Gasteiger partial charge in [0.2, 0.25) is 5.88 Å². The summed E-state index contributed by atoms with van der Waals surface area (Å²) in [4.78, 5) is 19.3. The van der Waals surface area contributed by atoms with Crippen LogP contribution in [0.4, 0.5) is 0 Å². The second-order valence-corrected chi connectivity index (χ2v) is 6.61. The van der Waals surface area contributed by atoms with E-state index in [1.54, 1.807) is 31.5 Å². The van der Waals surface area contributed by atoms with Gasteiger partial charge >= 0.3 is 5.97 Å². The standard InChI is InChI=1S/C20H26N4O3/c1-3-17(20(21)22)23-11-13(2)15-6-9-18(24-12-15)27-16-7-4-14(5-8-16)10-19(25)26/h3,6,9,11-12,14,16H,2,4-5,7-8,10H2,1H3,(H3,21,22)(H,25,26)/b17-3-,23-11?. The highest BCUT2D eigenvalue weighted by Gasteiger charge is 2.24. The maximum absolute atomic E-state index is 10.8.